The summed E-state index contributed by atoms with van der Waals surface area (Å²) >= 11 is 1.37. The van der Waals surface area contributed by atoms with Crippen molar-refractivity contribution in [2.24, 2.45) is 0 Å². The van der Waals surface area contributed by atoms with Crippen LogP contribution in [0.25, 0.3) is 0 Å². The maximum absolute atomic E-state index is 12.0. The zero-order chi connectivity index (χ0) is 11.6. The molecule has 2 nitrogen and oxygen atoms in total. The van der Waals surface area contributed by atoms with E-state index in [1.54, 1.807) is 6.20 Å². The largest absolute Gasteiger partial charge is 0.389 e. The van der Waals surface area contributed by atoms with Crippen molar-refractivity contribution in [1.82, 2.24) is 10.3 Å². The van der Waals surface area contributed by atoms with E-state index in [0.29, 0.717) is 11.0 Å². The molecule has 1 heterocycles. The van der Waals surface area contributed by atoms with E-state index in [1.807, 2.05) is 0 Å². The molecule has 0 bridgehead atoms. The van der Waals surface area contributed by atoms with E-state index in [-0.39, 0.29) is 6.42 Å². The van der Waals surface area contributed by atoms with Crippen molar-refractivity contribution >= 4 is 11.3 Å². The fourth-order valence-electron chi connectivity index (χ4n) is 1.33. The Bertz CT molecular complexity index is 344. The first-order valence-electron chi connectivity index (χ1n) is 5.27. The van der Waals surface area contributed by atoms with Gasteiger partial charge in [0, 0.05) is 36.5 Å². The summed E-state index contributed by atoms with van der Waals surface area (Å²) in [5, 5.41) is 3.88. The Morgan fingerprint density at radius 3 is 2.81 bits per heavy atom. The van der Waals surface area contributed by atoms with Gasteiger partial charge in [0.25, 0.3) is 0 Å². The second-order valence-electron chi connectivity index (χ2n) is 3.99. The normalized spacial score (nSPS) is 16.7. The van der Waals surface area contributed by atoms with Crippen molar-refractivity contribution in [2.75, 3.05) is 0 Å². The average molecular weight is 250 g/mol. The number of thiazole rings is 1. The Hall–Kier alpha value is -0.620. The van der Waals surface area contributed by atoms with Crippen LogP contribution in [0.2, 0.25) is 0 Å². The van der Waals surface area contributed by atoms with Gasteiger partial charge in [-0.05, 0) is 12.8 Å². The Morgan fingerprint density at radius 1 is 1.44 bits per heavy atom. The molecule has 16 heavy (non-hydrogen) atoms. The molecule has 2 rings (SSSR count). The summed E-state index contributed by atoms with van der Waals surface area (Å²) in [6.07, 6.45) is -0.781. The van der Waals surface area contributed by atoms with Crippen LogP contribution in [0, 0.1) is 0 Å². The number of hydrogen-bond donors (Lipinski definition) is 1. The Labute approximate surface area is 95.9 Å². The van der Waals surface area contributed by atoms with Gasteiger partial charge in [0.1, 0.15) is 0 Å². The molecule has 0 atom stereocenters. The summed E-state index contributed by atoms with van der Waals surface area (Å²) in [5.74, 6) is 0. The fourth-order valence-corrected chi connectivity index (χ4v) is 2.20. The second kappa shape index (κ2) is 4.71. The van der Waals surface area contributed by atoms with E-state index in [0.717, 1.165) is 11.4 Å². The quantitative estimate of drug-likeness (QED) is 0.869. The minimum atomic E-state index is -4.09. The van der Waals surface area contributed by atoms with Crippen LogP contribution in [0.3, 0.4) is 0 Å². The molecule has 6 heteroatoms. The number of nitrogens with zero attached hydrogens (tertiary/aromatic N) is 1. The molecule has 0 saturated heterocycles. The van der Waals surface area contributed by atoms with Crippen molar-refractivity contribution < 1.29 is 13.2 Å². The van der Waals surface area contributed by atoms with Crippen LogP contribution in [0.15, 0.2) is 6.20 Å². The van der Waals surface area contributed by atoms with Gasteiger partial charge in [-0.25, -0.2) is 4.98 Å². The number of aromatic nitrogens is 1. The zero-order valence-corrected chi connectivity index (χ0v) is 9.50. The molecule has 0 amide bonds. The van der Waals surface area contributed by atoms with Crippen molar-refractivity contribution in [3.8, 4) is 0 Å². The first-order chi connectivity index (χ1) is 7.53. The summed E-state index contributed by atoms with van der Waals surface area (Å²) in [6, 6.07) is 0.612. The highest BCUT2D eigenvalue weighted by molar-refractivity contribution is 7.11. The van der Waals surface area contributed by atoms with E-state index >= 15 is 0 Å². The average Bonchev–Trinajstić information content (AvgIpc) is 2.91. The van der Waals surface area contributed by atoms with Crippen molar-refractivity contribution in [2.45, 2.75) is 44.4 Å². The number of alkyl halides is 3. The van der Waals surface area contributed by atoms with Gasteiger partial charge in [-0.2, -0.15) is 13.2 Å². The van der Waals surface area contributed by atoms with Gasteiger partial charge in [-0.15, -0.1) is 11.3 Å². The van der Waals surface area contributed by atoms with E-state index in [9.17, 15) is 13.2 Å². The van der Waals surface area contributed by atoms with Gasteiger partial charge < -0.3 is 5.32 Å². The molecule has 0 unspecified atom stereocenters. The lowest BCUT2D eigenvalue weighted by Crippen LogP contribution is -2.14. The molecule has 1 fully saturated rings. The maximum atomic E-state index is 12.0. The predicted molar refractivity (Wildman–Crippen MR) is 56.4 cm³/mol. The van der Waals surface area contributed by atoms with E-state index < -0.39 is 12.6 Å². The molecule has 1 aromatic rings. The van der Waals surface area contributed by atoms with Crippen LogP contribution >= 0.6 is 11.3 Å². The molecule has 1 aliphatic rings. The summed E-state index contributed by atoms with van der Waals surface area (Å²) in [6.45, 7) is 0.731. The topological polar surface area (TPSA) is 24.9 Å². The molecule has 90 valence electrons. The van der Waals surface area contributed by atoms with E-state index in [4.69, 9.17) is 0 Å². The number of hydrogen-bond acceptors (Lipinski definition) is 3. The summed E-state index contributed by atoms with van der Waals surface area (Å²) < 4.78 is 35.9. The van der Waals surface area contributed by atoms with Crippen LogP contribution in [0.5, 0.6) is 0 Å². The number of aryl methyl sites for hydroxylation is 1. The summed E-state index contributed by atoms with van der Waals surface area (Å²) in [5.41, 5.74) is 0. The molecule has 0 spiro atoms. The molecule has 0 aliphatic heterocycles. The summed E-state index contributed by atoms with van der Waals surface area (Å²) in [4.78, 5) is 5.01. The first kappa shape index (κ1) is 11.9. The van der Waals surface area contributed by atoms with Gasteiger partial charge in [0.05, 0.1) is 5.01 Å². The molecule has 1 N–H and O–H groups in total. The Morgan fingerprint density at radius 2 is 2.19 bits per heavy atom. The van der Waals surface area contributed by atoms with Crippen molar-refractivity contribution in [1.29, 1.82) is 0 Å². The fraction of sp³-hybridized carbons (Fsp3) is 0.700. The van der Waals surface area contributed by atoms with Gasteiger partial charge in [0.2, 0.25) is 0 Å². The zero-order valence-electron chi connectivity index (χ0n) is 8.68. The molecule has 0 radical (unpaired) electrons. The third-order valence-electron chi connectivity index (χ3n) is 2.37. The smallest absolute Gasteiger partial charge is 0.309 e. The highest BCUT2D eigenvalue weighted by atomic mass is 32.1. The van der Waals surface area contributed by atoms with E-state index in [1.165, 1.54) is 24.2 Å². The van der Waals surface area contributed by atoms with Crippen LogP contribution in [0.1, 0.15) is 29.1 Å². The predicted octanol–water partition coefficient (Wildman–Crippen LogP) is 2.89. The Balaban J connectivity index is 1.77. The molecular formula is C10H13F3N2S. The Kier molecular flexibility index (Phi) is 3.49. The van der Waals surface area contributed by atoms with Gasteiger partial charge >= 0.3 is 6.18 Å². The second-order valence-corrected chi connectivity index (χ2v) is 5.19. The minimum Gasteiger partial charge on any atom is -0.309 e. The number of halogens is 3. The highest BCUT2D eigenvalue weighted by Crippen LogP contribution is 2.24. The molecule has 1 aliphatic carbocycles. The highest BCUT2D eigenvalue weighted by Gasteiger charge is 2.27. The SMILES string of the molecule is FC(F)(F)CCc1ncc(CNC2CC2)s1. The molecule has 0 aromatic carbocycles. The van der Waals surface area contributed by atoms with Crippen molar-refractivity contribution in [3.05, 3.63) is 16.1 Å². The third-order valence-corrected chi connectivity index (χ3v) is 3.42. The molecular weight excluding hydrogens is 237 g/mol. The lowest BCUT2D eigenvalue weighted by Gasteiger charge is -2.02. The lowest BCUT2D eigenvalue weighted by molar-refractivity contribution is -0.133. The number of rotatable bonds is 5. The van der Waals surface area contributed by atoms with Gasteiger partial charge in [0.15, 0.2) is 0 Å². The summed E-state index contributed by atoms with van der Waals surface area (Å²) in [7, 11) is 0. The van der Waals surface area contributed by atoms with Crippen LogP contribution in [-0.4, -0.2) is 17.2 Å². The third kappa shape index (κ3) is 4.09. The minimum absolute atomic E-state index is 0.00239. The lowest BCUT2D eigenvalue weighted by atomic mass is 10.3. The monoisotopic (exact) mass is 250 g/mol. The van der Waals surface area contributed by atoms with Crippen LogP contribution in [-0.2, 0) is 13.0 Å². The first-order valence-corrected chi connectivity index (χ1v) is 6.08. The van der Waals surface area contributed by atoms with Crippen molar-refractivity contribution in [3.63, 3.8) is 0 Å². The van der Waals surface area contributed by atoms with E-state index in [2.05, 4.69) is 10.3 Å². The number of nitrogens with one attached hydrogen (secondary N) is 1. The van der Waals surface area contributed by atoms with Gasteiger partial charge in [-0.3, -0.25) is 0 Å². The maximum Gasteiger partial charge on any atom is 0.389 e. The van der Waals surface area contributed by atoms with Crippen LogP contribution < -0.4 is 5.32 Å². The van der Waals surface area contributed by atoms with Gasteiger partial charge in [-0.1, -0.05) is 0 Å². The molecule has 1 saturated carbocycles. The van der Waals surface area contributed by atoms with Crippen LogP contribution in [0.4, 0.5) is 13.2 Å². The molecule has 1 aromatic heterocycles. The standard InChI is InChI=1S/C10H13F3N2S/c11-10(12,13)4-3-9-15-6-8(16-9)5-14-7-1-2-7/h6-7,14H,1-5H2.